The number of aryl methyl sites for hydroxylation is 1. The number of carbonyl (C=O) groups is 2. The Kier molecular flexibility index (Phi) is 8.38. The molecule has 2 aromatic carbocycles. The van der Waals surface area contributed by atoms with Crippen molar-refractivity contribution >= 4 is 50.0 Å². The van der Waals surface area contributed by atoms with Gasteiger partial charge in [-0.15, -0.1) is 11.3 Å². The lowest BCUT2D eigenvalue weighted by Crippen LogP contribution is -2.21. The maximum Gasteiger partial charge on any atom is 0.338 e. The highest BCUT2D eigenvalue weighted by Crippen LogP contribution is 2.36. The number of hydrogen-bond donors (Lipinski definition) is 2. The standard InChI is InChI=1S/C27H25N3O5S2/c28-17-23-22-12-5-2-6-13-24(22)36-26(23)29-25(31)18-35-27(32)20-10-7-11-21(16-20)30-37(33,34)15-14-19-8-3-1-4-9-19/h1,3-4,7-11,14-16,30H,2,5-6,12-13,18H2,(H,29,31)/b15-14+. The molecule has 10 heteroatoms. The molecule has 0 saturated carbocycles. The Labute approximate surface area is 219 Å². The monoisotopic (exact) mass is 535 g/mol. The Morgan fingerprint density at radius 3 is 2.62 bits per heavy atom. The minimum atomic E-state index is -3.82. The minimum Gasteiger partial charge on any atom is -0.452 e. The molecular weight excluding hydrogens is 510 g/mol. The Morgan fingerprint density at radius 2 is 1.84 bits per heavy atom. The van der Waals surface area contributed by atoms with Crippen molar-refractivity contribution in [3.63, 3.8) is 0 Å². The number of ether oxygens (including phenoxy) is 1. The number of carbonyl (C=O) groups excluding carboxylic acids is 2. The van der Waals surface area contributed by atoms with Crippen LogP contribution in [0.3, 0.4) is 0 Å². The van der Waals surface area contributed by atoms with Crippen LogP contribution >= 0.6 is 11.3 Å². The van der Waals surface area contributed by atoms with E-state index in [2.05, 4.69) is 16.1 Å². The lowest BCUT2D eigenvalue weighted by atomic mass is 10.1. The summed E-state index contributed by atoms with van der Waals surface area (Å²) in [7, 11) is -3.82. The summed E-state index contributed by atoms with van der Waals surface area (Å²) in [4.78, 5) is 26.1. The molecule has 8 nitrogen and oxygen atoms in total. The summed E-state index contributed by atoms with van der Waals surface area (Å²) in [6, 6.07) is 17.0. The first-order valence-electron chi connectivity index (χ1n) is 11.7. The molecule has 0 saturated heterocycles. The van der Waals surface area contributed by atoms with Crippen LogP contribution in [0, 0.1) is 11.3 Å². The van der Waals surface area contributed by atoms with Gasteiger partial charge in [-0.25, -0.2) is 13.2 Å². The molecule has 0 spiro atoms. The van der Waals surface area contributed by atoms with Crippen molar-refractivity contribution in [2.45, 2.75) is 32.1 Å². The second kappa shape index (κ2) is 11.9. The van der Waals surface area contributed by atoms with Crippen molar-refractivity contribution in [2.24, 2.45) is 0 Å². The van der Waals surface area contributed by atoms with Crippen LogP contribution in [0.2, 0.25) is 0 Å². The van der Waals surface area contributed by atoms with Crippen molar-refractivity contribution < 1.29 is 22.7 Å². The third-order valence-electron chi connectivity index (χ3n) is 5.72. The number of thiophene rings is 1. The molecule has 1 heterocycles. The number of anilines is 2. The maximum atomic E-state index is 12.5. The lowest BCUT2D eigenvalue weighted by molar-refractivity contribution is -0.119. The van der Waals surface area contributed by atoms with Crippen LogP contribution in [0.1, 0.15) is 51.2 Å². The van der Waals surface area contributed by atoms with Gasteiger partial charge in [-0.3, -0.25) is 9.52 Å². The normalized spacial score (nSPS) is 13.3. The molecule has 1 amide bonds. The van der Waals surface area contributed by atoms with Gasteiger partial charge in [0, 0.05) is 10.6 Å². The number of sulfonamides is 1. The van der Waals surface area contributed by atoms with E-state index in [0.717, 1.165) is 53.5 Å². The number of amides is 1. The Morgan fingerprint density at radius 1 is 1.05 bits per heavy atom. The first-order chi connectivity index (χ1) is 17.8. The highest BCUT2D eigenvalue weighted by atomic mass is 32.2. The molecule has 1 aliphatic carbocycles. The fraction of sp³-hybridized carbons (Fsp3) is 0.222. The van der Waals surface area contributed by atoms with E-state index < -0.39 is 28.5 Å². The van der Waals surface area contributed by atoms with E-state index in [-0.39, 0.29) is 11.3 Å². The number of esters is 1. The number of rotatable bonds is 8. The van der Waals surface area contributed by atoms with Crippen molar-refractivity contribution in [1.29, 1.82) is 5.26 Å². The number of benzene rings is 2. The average molecular weight is 536 g/mol. The zero-order valence-corrected chi connectivity index (χ0v) is 21.5. The third kappa shape index (κ3) is 7.06. The molecule has 0 aliphatic heterocycles. The van der Waals surface area contributed by atoms with Crippen LogP contribution < -0.4 is 10.0 Å². The van der Waals surface area contributed by atoms with Gasteiger partial charge in [0.15, 0.2) is 6.61 Å². The largest absolute Gasteiger partial charge is 0.452 e. The van der Waals surface area contributed by atoms with E-state index >= 15 is 0 Å². The van der Waals surface area contributed by atoms with Gasteiger partial charge in [-0.1, -0.05) is 42.8 Å². The highest BCUT2D eigenvalue weighted by molar-refractivity contribution is 7.95. The Hall–Kier alpha value is -3.94. The Bertz CT molecular complexity index is 1470. The molecule has 0 bridgehead atoms. The van der Waals surface area contributed by atoms with E-state index in [4.69, 9.17) is 4.74 Å². The summed E-state index contributed by atoms with van der Waals surface area (Å²) in [6.07, 6.45) is 6.37. The van der Waals surface area contributed by atoms with Gasteiger partial charge in [0.25, 0.3) is 15.9 Å². The fourth-order valence-electron chi connectivity index (χ4n) is 3.97. The first kappa shape index (κ1) is 26.1. The van der Waals surface area contributed by atoms with Crippen molar-refractivity contribution in [3.8, 4) is 6.07 Å². The van der Waals surface area contributed by atoms with E-state index in [1.165, 1.54) is 41.7 Å². The maximum absolute atomic E-state index is 12.5. The summed E-state index contributed by atoms with van der Waals surface area (Å²) in [5.74, 6) is -1.33. The molecule has 1 aromatic heterocycles. The molecule has 3 aromatic rings. The molecule has 0 radical (unpaired) electrons. The summed E-state index contributed by atoms with van der Waals surface area (Å²) in [5, 5.41) is 13.8. The average Bonchev–Trinajstić information content (AvgIpc) is 3.04. The number of nitrogens with one attached hydrogen (secondary N) is 2. The summed E-state index contributed by atoms with van der Waals surface area (Å²) >= 11 is 1.40. The van der Waals surface area contributed by atoms with E-state index in [9.17, 15) is 23.3 Å². The summed E-state index contributed by atoms with van der Waals surface area (Å²) < 4.78 is 32.3. The van der Waals surface area contributed by atoms with Gasteiger partial charge < -0.3 is 10.1 Å². The van der Waals surface area contributed by atoms with Gasteiger partial charge in [-0.05, 0) is 61.1 Å². The van der Waals surface area contributed by atoms with Crippen LogP contribution in [0.25, 0.3) is 6.08 Å². The number of hydrogen-bond acceptors (Lipinski definition) is 7. The molecule has 37 heavy (non-hydrogen) atoms. The fourth-order valence-corrected chi connectivity index (χ4v) is 6.08. The van der Waals surface area contributed by atoms with E-state index in [1.807, 2.05) is 6.07 Å². The molecule has 0 unspecified atom stereocenters. The van der Waals surface area contributed by atoms with Crippen molar-refractivity contribution in [2.75, 3.05) is 16.6 Å². The van der Waals surface area contributed by atoms with Gasteiger partial charge in [-0.2, -0.15) is 5.26 Å². The van der Waals surface area contributed by atoms with Gasteiger partial charge in [0.1, 0.15) is 11.1 Å². The van der Waals surface area contributed by atoms with E-state index in [1.54, 1.807) is 24.3 Å². The molecule has 0 atom stereocenters. The molecule has 2 N–H and O–H groups in total. The number of nitrogens with zero attached hydrogens (tertiary/aromatic N) is 1. The zero-order chi connectivity index (χ0) is 26.3. The molecule has 4 rings (SSSR count). The Balaban J connectivity index is 1.35. The predicted molar refractivity (Wildman–Crippen MR) is 144 cm³/mol. The summed E-state index contributed by atoms with van der Waals surface area (Å²) in [5.41, 5.74) is 2.48. The van der Waals surface area contributed by atoms with Crippen LogP contribution in [0.15, 0.2) is 60.0 Å². The van der Waals surface area contributed by atoms with E-state index in [0.29, 0.717) is 10.6 Å². The first-order valence-corrected chi connectivity index (χ1v) is 14.1. The zero-order valence-electron chi connectivity index (χ0n) is 19.9. The van der Waals surface area contributed by atoms with Crippen LogP contribution in [0.5, 0.6) is 0 Å². The second-order valence-corrected chi connectivity index (χ2v) is 11.1. The van der Waals surface area contributed by atoms with Gasteiger partial charge in [0.2, 0.25) is 0 Å². The van der Waals surface area contributed by atoms with Gasteiger partial charge >= 0.3 is 5.97 Å². The van der Waals surface area contributed by atoms with Crippen LogP contribution in [-0.2, 0) is 32.4 Å². The predicted octanol–water partition coefficient (Wildman–Crippen LogP) is 5.10. The third-order valence-corrected chi connectivity index (χ3v) is 7.94. The summed E-state index contributed by atoms with van der Waals surface area (Å²) in [6.45, 7) is -0.540. The molecule has 190 valence electrons. The van der Waals surface area contributed by atoms with Crippen LogP contribution in [-0.4, -0.2) is 26.9 Å². The van der Waals surface area contributed by atoms with Gasteiger partial charge in [0.05, 0.1) is 16.5 Å². The smallest absolute Gasteiger partial charge is 0.338 e. The van der Waals surface area contributed by atoms with Crippen LogP contribution in [0.4, 0.5) is 10.7 Å². The van der Waals surface area contributed by atoms with Crippen molar-refractivity contribution in [1.82, 2.24) is 0 Å². The quantitative estimate of drug-likeness (QED) is 0.305. The molecule has 1 aliphatic rings. The lowest BCUT2D eigenvalue weighted by Gasteiger charge is -2.08. The SMILES string of the molecule is N#Cc1c(NC(=O)COC(=O)c2cccc(NS(=O)(=O)/C=C/c3ccccc3)c2)sc2c1CCCCC2. The number of fused-ring (bicyclic) bond motifs is 1. The van der Waals surface area contributed by atoms with Crippen molar-refractivity contribution in [3.05, 3.63) is 87.1 Å². The molecular formula is C27H25N3O5S2. The topological polar surface area (TPSA) is 125 Å². The minimum absolute atomic E-state index is 0.0839. The molecule has 0 fully saturated rings. The number of nitriles is 1. The highest BCUT2D eigenvalue weighted by Gasteiger charge is 2.21. The second-order valence-electron chi connectivity index (χ2n) is 8.45.